The third kappa shape index (κ3) is 9.94. The highest BCUT2D eigenvalue weighted by atomic mass is 32.2. The summed E-state index contributed by atoms with van der Waals surface area (Å²) in [5.74, 6) is -1.01. The van der Waals surface area contributed by atoms with E-state index in [0.29, 0.717) is 0 Å². The lowest BCUT2D eigenvalue weighted by Gasteiger charge is -2.23. The van der Waals surface area contributed by atoms with Crippen molar-refractivity contribution >= 4 is 16.0 Å². The highest BCUT2D eigenvalue weighted by molar-refractivity contribution is 7.85. The highest BCUT2D eigenvalue weighted by Gasteiger charge is 2.25. The molecule has 1 rings (SSSR count). The zero-order chi connectivity index (χ0) is 13.5. The van der Waals surface area contributed by atoms with E-state index < -0.39 is 27.3 Å². The number of carbonyl (C=O) groups is 1. The minimum Gasteiger partial charge on any atom is -0.347 e. The van der Waals surface area contributed by atoms with E-state index in [1.807, 2.05) is 0 Å². The molecule has 0 aromatic carbocycles. The number of hydrogen-bond acceptors (Lipinski definition) is 5. The first-order valence-corrected chi connectivity index (χ1v) is 6.51. The molecule has 1 saturated heterocycles. The summed E-state index contributed by atoms with van der Waals surface area (Å²) in [5, 5.41) is 2.37. The topological polar surface area (TPSA) is 105 Å². The van der Waals surface area contributed by atoms with Gasteiger partial charge in [-0.2, -0.15) is 8.42 Å². The van der Waals surface area contributed by atoms with Crippen LogP contribution >= 0.6 is 0 Å². The first-order valence-electron chi connectivity index (χ1n) is 4.91. The Balaban J connectivity index is 0.000000529. The third-order valence-corrected chi connectivity index (χ3v) is 2.68. The monoisotopic (exact) mass is 266 g/mol. The van der Waals surface area contributed by atoms with Gasteiger partial charge in [0.1, 0.15) is 0 Å². The van der Waals surface area contributed by atoms with E-state index in [1.54, 1.807) is 0 Å². The van der Waals surface area contributed by atoms with Gasteiger partial charge in [-0.15, -0.1) is 0 Å². The molecule has 0 atom stereocenters. The predicted octanol–water partition coefficient (Wildman–Crippen LogP) is -0.524. The van der Waals surface area contributed by atoms with Crippen LogP contribution in [-0.4, -0.2) is 43.3 Å². The molecule has 1 amide bonds. The van der Waals surface area contributed by atoms with E-state index >= 15 is 0 Å². The van der Waals surface area contributed by atoms with Gasteiger partial charge in [0, 0.05) is 6.54 Å². The molecule has 1 fully saturated rings. The molecular formula is C9H18N2O5S. The first-order chi connectivity index (χ1) is 7.66. The zero-order valence-corrected chi connectivity index (χ0v) is 10.7. The van der Waals surface area contributed by atoms with Crippen molar-refractivity contribution in [1.29, 1.82) is 0 Å². The van der Waals surface area contributed by atoms with E-state index in [0.717, 1.165) is 19.2 Å². The van der Waals surface area contributed by atoms with Crippen LogP contribution in [0, 0.1) is 0 Å². The molecule has 100 valence electrons. The Kier molecular flexibility index (Phi) is 6.32. The summed E-state index contributed by atoms with van der Waals surface area (Å²) >= 11 is 0. The van der Waals surface area contributed by atoms with Gasteiger partial charge < -0.3 is 10.2 Å². The number of carbonyl (C=O) groups excluding carboxylic acids is 1. The van der Waals surface area contributed by atoms with Crippen LogP contribution in [0.4, 0.5) is 0 Å². The van der Waals surface area contributed by atoms with Crippen LogP contribution in [0.25, 0.3) is 0 Å². The van der Waals surface area contributed by atoms with Crippen LogP contribution in [0.3, 0.4) is 0 Å². The van der Waals surface area contributed by atoms with Crippen LogP contribution in [0.15, 0.2) is 12.7 Å². The van der Waals surface area contributed by atoms with Crippen molar-refractivity contribution in [1.82, 2.24) is 10.8 Å². The zero-order valence-electron chi connectivity index (χ0n) is 9.89. The third-order valence-electron chi connectivity index (χ3n) is 1.60. The van der Waals surface area contributed by atoms with Crippen LogP contribution in [0.5, 0.6) is 0 Å². The van der Waals surface area contributed by atoms with E-state index in [4.69, 9.17) is 4.55 Å². The maximum absolute atomic E-state index is 10.8. The molecule has 1 aliphatic heterocycles. The molecule has 0 bridgehead atoms. The summed E-state index contributed by atoms with van der Waals surface area (Å²) in [5.41, 5.74) is 1.61. The molecule has 3 N–H and O–H groups in total. The average Bonchev–Trinajstić information content (AvgIpc) is 1.94. The maximum Gasteiger partial charge on any atom is 0.267 e. The summed E-state index contributed by atoms with van der Waals surface area (Å²) in [6, 6.07) is 0. The van der Waals surface area contributed by atoms with Crippen molar-refractivity contribution in [3.63, 3.8) is 0 Å². The van der Waals surface area contributed by atoms with Gasteiger partial charge in [-0.25, -0.2) is 5.48 Å². The normalized spacial score (nSPS) is 15.0. The van der Waals surface area contributed by atoms with Crippen molar-refractivity contribution in [2.24, 2.45) is 0 Å². The summed E-state index contributed by atoms with van der Waals surface area (Å²) < 4.78 is 29.5. The number of amides is 1. The molecule has 0 spiro atoms. The van der Waals surface area contributed by atoms with Gasteiger partial charge in [0.15, 0.2) is 0 Å². The average molecular weight is 266 g/mol. The van der Waals surface area contributed by atoms with Gasteiger partial charge in [0.2, 0.25) is 5.91 Å². The van der Waals surface area contributed by atoms with Crippen LogP contribution in [0.2, 0.25) is 0 Å². The predicted molar refractivity (Wildman–Crippen MR) is 62.8 cm³/mol. The lowest BCUT2D eigenvalue weighted by Crippen LogP contribution is -2.47. The largest absolute Gasteiger partial charge is 0.347 e. The molecule has 0 aromatic heterocycles. The Hall–Kier alpha value is -0.960. The molecule has 7 nitrogen and oxygen atoms in total. The Morgan fingerprint density at radius 3 is 2.29 bits per heavy atom. The number of nitrogens with one attached hydrogen (secondary N) is 2. The quantitative estimate of drug-likeness (QED) is 0.467. The van der Waals surface area contributed by atoms with E-state index in [2.05, 4.69) is 22.2 Å². The number of hydrogen-bond donors (Lipinski definition) is 3. The molecule has 0 aromatic rings. The fourth-order valence-electron chi connectivity index (χ4n) is 0.979. The second-order valence-electron chi connectivity index (χ2n) is 4.05. The van der Waals surface area contributed by atoms with Gasteiger partial charge >= 0.3 is 0 Å². The molecule has 1 aliphatic rings. The lowest BCUT2D eigenvalue weighted by atomic mass is 10.1. The second kappa shape index (κ2) is 6.70. The summed E-state index contributed by atoms with van der Waals surface area (Å²) in [6.45, 7) is 8.11. The van der Waals surface area contributed by atoms with Crippen LogP contribution in [0.1, 0.15) is 13.8 Å². The van der Waals surface area contributed by atoms with Crippen molar-refractivity contribution in [3.8, 4) is 0 Å². The molecule has 0 unspecified atom stereocenters. The molecule has 0 radical (unpaired) electrons. The molecule has 0 aliphatic carbocycles. The van der Waals surface area contributed by atoms with E-state index in [-0.39, 0.29) is 0 Å². The molecule has 8 heteroatoms. The number of rotatable bonds is 4. The first kappa shape index (κ1) is 16.0. The fraction of sp³-hybridized carbons (Fsp3) is 0.667. The Morgan fingerprint density at radius 2 is 2.06 bits per heavy atom. The summed E-state index contributed by atoms with van der Waals surface area (Å²) in [4.78, 5) is 15.3. The van der Waals surface area contributed by atoms with Gasteiger partial charge in [-0.1, -0.05) is 6.58 Å². The Labute approximate surface area is 101 Å². The fourth-order valence-corrected chi connectivity index (χ4v) is 1.96. The highest BCUT2D eigenvalue weighted by Crippen LogP contribution is 2.05. The molecule has 1 heterocycles. The maximum atomic E-state index is 10.8. The van der Waals surface area contributed by atoms with Gasteiger partial charge in [0.05, 0.1) is 17.9 Å². The SMILES string of the molecule is C1CON1.C=CC(=O)NC(C)(C)CS(=O)(=O)O. The van der Waals surface area contributed by atoms with Gasteiger partial charge in [0.25, 0.3) is 10.1 Å². The summed E-state index contributed by atoms with van der Waals surface area (Å²) in [7, 11) is -4.08. The van der Waals surface area contributed by atoms with Crippen molar-refractivity contribution in [2.75, 3.05) is 18.9 Å². The van der Waals surface area contributed by atoms with Crippen LogP contribution < -0.4 is 10.8 Å². The molecular weight excluding hydrogens is 248 g/mol. The minimum atomic E-state index is -4.08. The van der Waals surface area contributed by atoms with E-state index in [1.165, 1.54) is 13.8 Å². The smallest absolute Gasteiger partial charge is 0.267 e. The van der Waals surface area contributed by atoms with E-state index in [9.17, 15) is 13.2 Å². The minimum absolute atomic E-state index is 0.478. The standard InChI is InChI=1S/C7H13NO4S.C2H5NO/c1-4-6(9)8-7(2,3)5-13(10,11)12;1-2-4-3-1/h4H,1,5H2,2-3H3,(H,8,9)(H,10,11,12);3H,1-2H2. The van der Waals surface area contributed by atoms with Gasteiger partial charge in [-0.05, 0) is 19.9 Å². The van der Waals surface area contributed by atoms with Crippen molar-refractivity contribution in [3.05, 3.63) is 12.7 Å². The Morgan fingerprint density at radius 1 is 1.65 bits per heavy atom. The van der Waals surface area contributed by atoms with Crippen molar-refractivity contribution in [2.45, 2.75) is 19.4 Å². The number of hydroxylamine groups is 1. The molecule has 0 saturated carbocycles. The Bertz CT molecular complexity index is 356. The summed E-state index contributed by atoms with van der Waals surface area (Å²) in [6.07, 6.45) is 1.03. The lowest BCUT2D eigenvalue weighted by molar-refractivity contribution is -0.117. The molecule has 17 heavy (non-hydrogen) atoms. The van der Waals surface area contributed by atoms with Crippen molar-refractivity contribution < 1.29 is 22.6 Å². The van der Waals surface area contributed by atoms with Gasteiger partial charge in [-0.3, -0.25) is 9.35 Å². The second-order valence-corrected chi connectivity index (χ2v) is 5.50. The van der Waals surface area contributed by atoms with Crippen LogP contribution in [-0.2, 0) is 19.8 Å².